The van der Waals surface area contributed by atoms with Crippen molar-refractivity contribution in [2.75, 3.05) is 13.1 Å². The molecule has 2 rings (SSSR count). The Kier molecular flexibility index (Phi) is 5.65. The van der Waals surface area contributed by atoms with Gasteiger partial charge in [0.2, 0.25) is 5.91 Å². The van der Waals surface area contributed by atoms with Gasteiger partial charge >= 0.3 is 6.03 Å². The molecular weight excluding hydrogens is 266 g/mol. The number of amides is 3. The molecule has 0 aromatic heterocycles. The molecule has 0 aromatic carbocycles. The van der Waals surface area contributed by atoms with Crippen LogP contribution in [0.15, 0.2) is 11.8 Å². The van der Waals surface area contributed by atoms with Crippen molar-refractivity contribution in [1.82, 2.24) is 15.5 Å². The van der Waals surface area contributed by atoms with Gasteiger partial charge in [0, 0.05) is 31.2 Å². The Bertz CT molecular complexity index is 418. The summed E-state index contributed by atoms with van der Waals surface area (Å²) in [6, 6.07) is -0.0952. The molecule has 21 heavy (non-hydrogen) atoms. The van der Waals surface area contributed by atoms with Crippen LogP contribution in [-0.4, -0.2) is 36.0 Å². The Morgan fingerprint density at radius 3 is 2.86 bits per heavy atom. The van der Waals surface area contributed by atoms with Crippen LogP contribution in [0, 0.1) is 5.92 Å². The number of urea groups is 1. The minimum atomic E-state index is -0.203. The molecule has 0 aromatic rings. The fourth-order valence-electron chi connectivity index (χ4n) is 3.18. The number of hydrogen-bond donors (Lipinski definition) is 2. The number of fused-ring (bicyclic) bond motifs is 1. The molecule has 3 amide bonds. The highest BCUT2D eigenvalue weighted by molar-refractivity contribution is 5.80. The van der Waals surface area contributed by atoms with Gasteiger partial charge in [-0.1, -0.05) is 6.08 Å². The molecule has 5 heteroatoms. The molecule has 118 valence electrons. The van der Waals surface area contributed by atoms with E-state index < -0.39 is 0 Å². The zero-order chi connectivity index (χ0) is 15.2. The predicted molar refractivity (Wildman–Crippen MR) is 82.7 cm³/mol. The lowest BCUT2D eigenvalue weighted by Crippen LogP contribution is -2.43. The number of nitrogens with zero attached hydrogens (tertiary/aromatic N) is 1. The van der Waals surface area contributed by atoms with E-state index in [1.54, 1.807) is 0 Å². The summed E-state index contributed by atoms with van der Waals surface area (Å²) in [5, 5.41) is 5.49. The summed E-state index contributed by atoms with van der Waals surface area (Å²) < 4.78 is 0. The van der Waals surface area contributed by atoms with Gasteiger partial charge in [0.15, 0.2) is 0 Å². The number of rotatable bonds is 4. The second-order valence-corrected chi connectivity index (χ2v) is 6.25. The summed E-state index contributed by atoms with van der Waals surface area (Å²) in [6.07, 6.45) is 8.46. The maximum absolute atomic E-state index is 12.4. The predicted octanol–water partition coefficient (Wildman–Crippen LogP) is 2.39. The van der Waals surface area contributed by atoms with Crippen LogP contribution >= 0.6 is 0 Å². The van der Waals surface area contributed by atoms with Crippen molar-refractivity contribution >= 4 is 11.9 Å². The van der Waals surface area contributed by atoms with Crippen LogP contribution < -0.4 is 10.6 Å². The molecule has 2 N–H and O–H groups in total. The highest BCUT2D eigenvalue weighted by atomic mass is 16.2. The summed E-state index contributed by atoms with van der Waals surface area (Å²) in [5.74, 6) is 0.714. The molecule has 1 heterocycles. The standard InChI is InChI=1S/C16H27N3O2/c1-12(2)18-16(21)17-10-9-15(20)19-11-5-7-13-6-3-4-8-14(13)19/h8,12-13H,3-7,9-11H2,1-2H3,(H2,17,18,21). The monoisotopic (exact) mass is 293 g/mol. The molecule has 0 saturated carbocycles. The third kappa shape index (κ3) is 4.48. The number of allylic oxidation sites excluding steroid dienone is 2. The smallest absolute Gasteiger partial charge is 0.315 e. The van der Waals surface area contributed by atoms with Crippen molar-refractivity contribution in [3.63, 3.8) is 0 Å². The molecule has 5 nitrogen and oxygen atoms in total. The third-order valence-corrected chi connectivity index (χ3v) is 4.12. The van der Waals surface area contributed by atoms with E-state index in [2.05, 4.69) is 16.7 Å². The minimum absolute atomic E-state index is 0.107. The molecule has 1 aliphatic heterocycles. The van der Waals surface area contributed by atoms with Crippen LogP contribution in [-0.2, 0) is 4.79 Å². The summed E-state index contributed by atoms with van der Waals surface area (Å²) >= 11 is 0. The van der Waals surface area contributed by atoms with Gasteiger partial charge in [-0.3, -0.25) is 4.79 Å². The lowest BCUT2D eigenvalue weighted by Gasteiger charge is -2.38. The van der Waals surface area contributed by atoms with Gasteiger partial charge in [0.05, 0.1) is 0 Å². The normalized spacial score (nSPS) is 21.6. The lowest BCUT2D eigenvalue weighted by atomic mass is 9.85. The third-order valence-electron chi connectivity index (χ3n) is 4.12. The van der Waals surface area contributed by atoms with E-state index in [1.165, 1.54) is 25.0 Å². The van der Waals surface area contributed by atoms with Gasteiger partial charge in [0.25, 0.3) is 0 Å². The second-order valence-electron chi connectivity index (χ2n) is 6.25. The van der Waals surface area contributed by atoms with Crippen molar-refractivity contribution in [1.29, 1.82) is 0 Å². The quantitative estimate of drug-likeness (QED) is 0.836. The average Bonchev–Trinajstić information content (AvgIpc) is 2.45. The summed E-state index contributed by atoms with van der Waals surface area (Å²) in [6.45, 7) is 5.05. The maximum atomic E-state index is 12.4. The van der Waals surface area contributed by atoms with Crippen molar-refractivity contribution in [2.45, 2.75) is 58.4 Å². The molecule has 0 radical (unpaired) electrons. The molecule has 2 aliphatic rings. The Morgan fingerprint density at radius 1 is 1.33 bits per heavy atom. The van der Waals surface area contributed by atoms with Crippen LogP contribution in [0.2, 0.25) is 0 Å². The van der Waals surface area contributed by atoms with Crippen LogP contribution in [0.1, 0.15) is 52.4 Å². The van der Waals surface area contributed by atoms with E-state index in [1.807, 2.05) is 18.7 Å². The SMILES string of the molecule is CC(C)NC(=O)NCCC(=O)N1CCCC2CCCC=C21. The fourth-order valence-corrected chi connectivity index (χ4v) is 3.18. The molecule has 0 bridgehead atoms. The Morgan fingerprint density at radius 2 is 2.10 bits per heavy atom. The zero-order valence-corrected chi connectivity index (χ0v) is 13.2. The Labute approximate surface area is 127 Å². The number of nitrogens with one attached hydrogen (secondary N) is 2. The molecule has 1 saturated heterocycles. The summed E-state index contributed by atoms with van der Waals surface area (Å²) in [5.41, 5.74) is 1.24. The maximum Gasteiger partial charge on any atom is 0.315 e. The van der Waals surface area contributed by atoms with Crippen molar-refractivity contribution in [3.05, 3.63) is 11.8 Å². The number of carbonyl (C=O) groups is 2. The highest BCUT2D eigenvalue weighted by Crippen LogP contribution is 2.35. The van der Waals surface area contributed by atoms with Crippen LogP contribution in [0.5, 0.6) is 0 Å². The van der Waals surface area contributed by atoms with E-state index in [9.17, 15) is 9.59 Å². The first-order valence-corrected chi connectivity index (χ1v) is 8.12. The van der Waals surface area contributed by atoms with E-state index in [0.717, 1.165) is 19.4 Å². The number of piperidine rings is 1. The molecule has 1 unspecified atom stereocenters. The zero-order valence-electron chi connectivity index (χ0n) is 13.2. The van der Waals surface area contributed by atoms with Crippen molar-refractivity contribution in [3.8, 4) is 0 Å². The highest BCUT2D eigenvalue weighted by Gasteiger charge is 2.29. The van der Waals surface area contributed by atoms with Gasteiger partial charge < -0.3 is 15.5 Å². The Hall–Kier alpha value is -1.52. The largest absolute Gasteiger partial charge is 0.338 e. The summed E-state index contributed by atoms with van der Waals surface area (Å²) in [7, 11) is 0. The first kappa shape index (κ1) is 15.9. The van der Waals surface area contributed by atoms with Crippen molar-refractivity contribution < 1.29 is 9.59 Å². The topological polar surface area (TPSA) is 61.4 Å². The van der Waals surface area contributed by atoms with Gasteiger partial charge in [-0.15, -0.1) is 0 Å². The van der Waals surface area contributed by atoms with E-state index in [4.69, 9.17) is 0 Å². The molecule has 1 aliphatic carbocycles. The van der Waals surface area contributed by atoms with Gasteiger partial charge in [-0.25, -0.2) is 4.79 Å². The molecular formula is C16H27N3O2. The first-order chi connectivity index (χ1) is 10.1. The average molecular weight is 293 g/mol. The van der Waals surface area contributed by atoms with Crippen molar-refractivity contribution in [2.24, 2.45) is 5.92 Å². The minimum Gasteiger partial charge on any atom is -0.338 e. The lowest BCUT2D eigenvalue weighted by molar-refractivity contribution is -0.130. The molecule has 1 fully saturated rings. The van der Waals surface area contributed by atoms with Crippen LogP contribution in [0.3, 0.4) is 0 Å². The van der Waals surface area contributed by atoms with Gasteiger partial charge in [-0.2, -0.15) is 0 Å². The number of carbonyl (C=O) groups excluding carboxylic acids is 2. The second kappa shape index (κ2) is 7.48. The van der Waals surface area contributed by atoms with E-state index >= 15 is 0 Å². The van der Waals surface area contributed by atoms with E-state index in [-0.39, 0.29) is 18.0 Å². The van der Waals surface area contributed by atoms with Crippen LogP contribution in [0.4, 0.5) is 4.79 Å². The number of likely N-dealkylation sites (tertiary alicyclic amines) is 1. The summed E-state index contributed by atoms with van der Waals surface area (Å²) in [4.78, 5) is 25.8. The molecule has 1 atom stereocenters. The van der Waals surface area contributed by atoms with E-state index in [0.29, 0.717) is 18.9 Å². The van der Waals surface area contributed by atoms with Gasteiger partial charge in [-0.05, 0) is 51.9 Å². The fraction of sp³-hybridized carbons (Fsp3) is 0.750. The molecule has 0 spiro atoms. The number of hydrogen-bond acceptors (Lipinski definition) is 2. The van der Waals surface area contributed by atoms with Gasteiger partial charge in [0.1, 0.15) is 0 Å². The van der Waals surface area contributed by atoms with Crippen LogP contribution in [0.25, 0.3) is 0 Å². The first-order valence-electron chi connectivity index (χ1n) is 8.12. The Balaban J connectivity index is 1.80.